The molecule has 72 valence electrons. The molecule has 1 saturated carbocycles. The summed E-state index contributed by atoms with van der Waals surface area (Å²) in [5.74, 6) is 2.32. The molecule has 0 aromatic rings. The number of allylic oxidation sites excluding steroid dienone is 3. The molecule has 0 spiro atoms. The Morgan fingerprint density at radius 3 is 3.08 bits per heavy atom. The highest BCUT2D eigenvalue weighted by Gasteiger charge is 2.42. The topological polar surface area (TPSA) is 0 Å². The van der Waals surface area contributed by atoms with Crippen LogP contribution in [0.2, 0.25) is 0 Å². The van der Waals surface area contributed by atoms with Gasteiger partial charge in [0.05, 0.1) is 0 Å². The Kier molecular flexibility index (Phi) is 2.55. The monoisotopic (exact) mass is 194 g/mol. The lowest BCUT2D eigenvalue weighted by atomic mass is 9.87. The zero-order valence-electron chi connectivity index (χ0n) is 8.38. The van der Waals surface area contributed by atoms with Gasteiger partial charge in [-0.3, -0.25) is 0 Å². The van der Waals surface area contributed by atoms with E-state index in [9.17, 15) is 0 Å². The van der Waals surface area contributed by atoms with E-state index in [1.54, 1.807) is 4.91 Å². The fourth-order valence-electron chi connectivity index (χ4n) is 2.07. The molecular formula is C12H18S. The molecule has 2 rings (SSSR count). The summed E-state index contributed by atoms with van der Waals surface area (Å²) in [4.78, 5) is 1.61. The van der Waals surface area contributed by atoms with Crippen LogP contribution in [0.25, 0.3) is 0 Å². The minimum atomic E-state index is 0.543. The van der Waals surface area contributed by atoms with Crippen molar-refractivity contribution in [1.82, 2.24) is 0 Å². The Morgan fingerprint density at radius 1 is 1.69 bits per heavy atom. The van der Waals surface area contributed by atoms with Crippen molar-refractivity contribution < 1.29 is 0 Å². The smallest absolute Gasteiger partial charge is 0.00685 e. The first-order valence-corrected chi connectivity index (χ1v) is 6.18. The molecule has 2 aliphatic rings. The molecule has 1 unspecified atom stereocenters. The van der Waals surface area contributed by atoms with Crippen molar-refractivity contribution in [3.05, 3.63) is 23.6 Å². The quantitative estimate of drug-likeness (QED) is 0.610. The van der Waals surface area contributed by atoms with Crippen LogP contribution in [0.5, 0.6) is 0 Å². The summed E-state index contributed by atoms with van der Waals surface area (Å²) in [5.41, 5.74) is 0.543. The van der Waals surface area contributed by atoms with Crippen molar-refractivity contribution in [2.75, 3.05) is 5.75 Å². The number of hydrogen-bond acceptors (Lipinski definition) is 1. The first kappa shape index (κ1) is 9.39. The van der Waals surface area contributed by atoms with Crippen LogP contribution in [-0.4, -0.2) is 5.75 Å². The maximum Gasteiger partial charge on any atom is 0.00685 e. The summed E-state index contributed by atoms with van der Waals surface area (Å²) in [6, 6.07) is 0. The van der Waals surface area contributed by atoms with Gasteiger partial charge < -0.3 is 0 Å². The lowest BCUT2D eigenvalue weighted by Crippen LogP contribution is -2.15. The number of hydrogen-bond donors (Lipinski definition) is 0. The van der Waals surface area contributed by atoms with E-state index >= 15 is 0 Å². The largest absolute Gasteiger partial charge is 0.130 e. The van der Waals surface area contributed by atoms with E-state index in [0.29, 0.717) is 5.41 Å². The standard InChI is InChI=1S/C12H18S/c1-3-4-5-11-8-12(2,9-13-11)10-6-7-10/h3,8,10H,1,4-7,9H2,2H3. The lowest BCUT2D eigenvalue weighted by Gasteiger charge is -2.19. The van der Waals surface area contributed by atoms with Crippen molar-refractivity contribution >= 4 is 11.8 Å². The van der Waals surface area contributed by atoms with Crippen LogP contribution in [0, 0.1) is 11.3 Å². The summed E-state index contributed by atoms with van der Waals surface area (Å²) in [5, 5.41) is 0. The minimum Gasteiger partial charge on any atom is -0.130 e. The maximum atomic E-state index is 3.77. The highest BCUT2D eigenvalue weighted by atomic mass is 32.2. The van der Waals surface area contributed by atoms with E-state index in [0.717, 1.165) is 12.3 Å². The third-order valence-electron chi connectivity index (χ3n) is 3.16. The zero-order valence-corrected chi connectivity index (χ0v) is 9.20. The molecule has 0 aromatic carbocycles. The van der Waals surface area contributed by atoms with E-state index in [2.05, 4.69) is 31.3 Å². The second kappa shape index (κ2) is 3.53. The van der Waals surface area contributed by atoms with Crippen molar-refractivity contribution in [2.24, 2.45) is 11.3 Å². The van der Waals surface area contributed by atoms with Crippen LogP contribution in [0.15, 0.2) is 23.6 Å². The van der Waals surface area contributed by atoms with E-state index in [1.165, 1.54) is 25.0 Å². The molecule has 0 aromatic heterocycles. The summed E-state index contributed by atoms with van der Waals surface area (Å²) >= 11 is 2.07. The normalized spacial score (nSPS) is 33.2. The van der Waals surface area contributed by atoms with Crippen LogP contribution < -0.4 is 0 Å². The zero-order chi connectivity index (χ0) is 9.31. The number of rotatable bonds is 4. The molecule has 13 heavy (non-hydrogen) atoms. The molecule has 0 amide bonds. The first-order valence-electron chi connectivity index (χ1n) is 5.20. The van der Waals surface area contributed by atoms with Crippen LogP contribution in [0.3, 0.4) is 0 Å². The highest BCUT2D eigenvalue weighted by molar-refractivity contribution is 8.03. The fourth-order valence-corrected chi connectivity index (χ4v) is 3.50. The van der Waals surface area contributed by atoms with Crippen LogP contribution in [0.4, 0.5) is 0 Å². The number of thioether (sulfide) groups is 1. The van der Waals surface area contributed by atoms with Gasteiger partial charge in [-0.15, -0.1) is 18.3 Å². The summed E-state index contributed by atoms with van der Waals surface area (Å²) < 4.78 is 0. The molecule has 0 nitrogen and oxygen atoms in total. The third-order valence-corrected chi connectivity index (χ3v) is 4.62. The van der Waals surface area contributed by atoms with Gasteiger partial charge in [0.1, 0.15) is 0 Å². The van der Waals surface area contributed by atoms with Crippen LogP contribution >= 0.6 is 11.8 Å². The molecule has 1 aliphatic carbocycles. The molecule has 1 heteroatoms. The Labute approximate surface area is 85.5 Å². The SMILES string of the molecule is C=CCCC1=CC(C)(C2CC2)CS1. The predicted molar refractivity (Wildman–Crippen MR) is 60.8 cm³/mol. The molecule has 0 radical (unpaired) electrons. The minimum absolute atomic E-state index is 0.543. The van der Waals surface area contributed by atoms with Gasteiger partial charge in [-0.1, -0.05) is 19.1 Å². The molecule has 1 heterocycles. The average Bonchev–Trinajstić information content (AvgIpc) is 2.89. The summed E-state index contributed by atoms with van der Waals surface area (Å²) in [6.45, 7) is 6.20. The van der Waals surface area contributed by atoms with Crippen LogP contribution in [0.1, 0.15) is 32.6 Å². The Bertz CT molecular complexity index is 238. The molecule has 0 bridgehead atoms. The summed E-state index contributed by atoms with van der Waals surface area (Å²) in [7, 11) is 0. The van der Waals surface area contributed by atoms with Gasteiger partial charge in [-0.2, -0.15) is 0 Å². The molecule has 0 N–H and O–H groups in total. The average molecular weight is 194 g/mol. The van der Waals surface area contributed by atoms with Gasteiger partial charge in [0.2, 0.25) is 0 Å². The Morgan fingerprint density at radius 2 is 2.46 bits per heavy atom. The Balaban J connectivity index is 1.95. The van der Waals surface area contributed by atoms with Crippen molar-refractivity contribution in [3.8, 4) is 0 Å². The molecular weight excluding hydrogens is 176 g/mol. The van der Waals surface area contributed by atoms with Gasteiger partial charge in [-0.05, 0) is 41.9 Å². The molecule has 1 aliphatic heterocycles. The fraction of sp³-hybridized carbons (Fsp3) is 0.667. The van der Waals surface area contributed by atoms with Crippen LogP contribution in [-0.2, 0) is 0 Å². The van der Waals surface area contributed by atoms with Gasteiger partial charge in [0.25, 0.3) is 0 Å². The van der Waals surface area contributed by atoms with E-state index < -0.39 is 0 Å². The van der Waals surface area contributed by atoms with Crippen molar-refractivity contribution in [2.45, 2.75) is 32.6 Å². The first-order chi connectivity index (χ1) is 6.24. The second-order valence-corrected chi connectivity index (χ2v) is 5.61. The second-order valence-electron chi connectivity index (χ2n) is 4.51. The maximum absolute atomic E-state index is 3.77. The van der Waals surface area contributed by atoms with E-state index in [4.69, 9.17) is 0 Å². The molecule has 1 fully saturated rings. The van der Waals surface area contributed by atoms with Crippen molar-refractivity contribution in [1.29, 1.82) is 0 Å². The predicted octanol–water partition coefficient (Wildman–Crippen LogP) is 4.00. The Hall–Kier alpha value is -0.170. The van der Waals surface area contributed by atoms with E-state index in [1.807, 2.05) is 6.08 Å². The lowest BCUT2D eigenvalue weighted by molar-refractivity contribution is 0.425. The third kappa shape index (κ3) is 2.01. The van der Waals surface area contributed by atoms with Gasteiger partial charge in [-0.25, -0.2) is 0 Å². The van der Waals surface area contributed by atoms with Gasteiger partial charge >= 0.3 is 0 Å². The van der Waals surface area contributed by atoms with Gasteiger partial charge in [0, 0.05) is 5.75 Å². The van der Waals surface area contributed by atoms with Crippen molar-refractivity contribution in [3.63, 3.8) is 0 Å². The highest BCUT2D eigenvalue weighted by Crippen LogP contribution is 2.53. The summed E-state index contributed by atoms with van der Waals surface area (Å²) in [6.07, 6.45) is 9.84. The van der Waals surface area contributed by atoms with E-state index in [-0.39, 0.29) is 0 Å². The van der Waals surface area contributed by atoms with Gasteiger partial charge in [0.15, 0.2) is 0 Å². The molecule has 1 atom stereocenters. The molecule has 0 saturated heterocycles.